The topological polar surface area (TPSA) is 41.1 Å². The van der Waals surface area contributed by atoms with Crippen LogP contribution in [-0.2, 0) is 4.79 Å². The normalized spacial score (nSPS) is 13.3. The van der Waals surface area contributed by atoms with E-state index in [-0.39, 0.29) is 11.9 Å². The third-order valence-corrected chi connectivity index (χ3v) is 4.10. The van der Waals surface area contributed by atoms with Crippen LogP contribution in [0.15, 0.2) is 54.6 Å². The van der Waals surface area contributed by atoms with Crippen molar-refractivity contribution in [2.75, 3.05) is 11.9 Å². The van der Waals surface area contributed by atoms with Crippen LogP contribution in [0.2, 0.25) is 0 Å². The van der Waals surface area contributed by atoms with E-state index >= 15 is 0 Å². The molecule has 0 aliphatic carbocycles. The average molecular weight is 310 g/mol. The van der Waals surface area contributed by atoms with E-state index in [1.807, 2.05) is 18.2 Å². The Hall–Kier alpha value is -2.13. The second kappa shape index (κ2) is 8.49. The highest BCUT2D eigenvalue weighted by Crippen LogP contribution is 2.20. The number of hydrogen-bond donors (Lipinski definition) is 2. The number of nitrogens with one attached hydrogen (secondary N) is 2. The van der Waals surface area contributed by atoms with Crippen LogP contribution in [0.5, 0.6) is 0 Å². The van der Waals surface area contributed by atoms with Crippen LogP contribution in [0.1, 0.15) is 50.3 Å². The molecule has 2 aromatic carbocycles. The Morgan fingerprint density at radius 2 is 1.70 bits per heavy atom. The zero-order valence-corrected chi connectivity index (χ0v) is 14.2. The first kappa shape index (κ1) is 17.2. The van der Waals surface area contributed by atoms with Gasteiger partial charge in [-0.05, 0) is 49.1 Å². The van der Waals surface area contributed by atoms with Crippen molar-refractivity contribution < 1.29 is 4.79 Å². The second-order valence-corrected chi connectivity index (χ2v) is 6.08. The van der Waals surface area contributed by atoms with Gasteiger partial charge in [0.1, 0.15) is 0 Å². The van der Waals surface area contributed by atoms with E-state index in [1.54, 1.807) is 0 Å². The van der Waals surface area contributed by atoms with Gasteiger partial charge in [-0.1, -0.05) is 49.4 Å². The van der Waals surface area contributed by atoms with Gasteiger partial charge >= 0.3 is 0 Å². The van der Waals surface area contributed by atoms with Gasteiger partial charge in [-0.2, -0.15) is 0 Å². The number of rotatable bonds is 7. The van der Waals surface area contributed by atoms with E-state index < -0.39 is 0 Å². The molecular weight excluding hydrogens is 284 g/mol. The highest BCUT2D eigenvalue weighted by atomic mass is 16.1. The molecule has 122 valence electrons. The molecule has 0 radical (unpaired) electrons. The van der Waals surface area contributed by atoms with Crippen LogP contribution in [0, 0.1) is 0 Å². The summed E-state index contributed by atoms with van der Waals surface area (Å²) in [6, 6.07) is 18.9. The molecule has 3 nitrogen and oxygen atoms in total. The van der Waals surface area contributed by atoms with E-state index in [2.05, 4.69) is 60.9 Å². The van der Waals surface area contributed by atoms with Gasteiger partial charge < -0.3 is 10.6 Å². The molecule has 0 bridgehead atoms. The quantitative estimate of drug-likeness (QED) is 0.791. The first-order valence-corrected chi connectivity index (χ1v) is 8.22. The smallest absolute Gasteiger partial charge is 0.221 e. The molecule has 0 fully saturated rings. The average Bonchev–Trinajstić information content (AvgIpc) is 2.55. The zero-order chi connectivity index (χ0) is 16.7. The minimum absolute atomic E-state index is 0.0422. The maximum atomic E-state index is 11.1. The third kappa shape index (κ3) is 5.53. The number of carbonyl (C=O) groups excluding carboxylic acids is 1. The SMILES string of the molecule is CC(=O)Nc1cccc(C(C)NCCC(C)c2ccccc2)c1. The van der Waals surface area contributed by atoms with E-state index in [0.29, 0.717) is 5.92 Å². The second-order valence-electron chi connectivity index (χ2n) is 6.08. The molecule has 2 rings (SSSR count). The number of hydrogen-bond acceptors (Lipinski definition) is 2. The fourth-order valence-electron chi connectivity index (χ4n) is 2.67. The molecular formula is C20H26N2O. The lowest BCUT2D eigenvalue weighted by atomic mass is 9.97. The Morgan fingerprint density at radius 3 is 2.39 bits per heavy atom. The Morgan fingerprint density at radius 1 is 1.00 bits per heavy atom. The standard InChI is InChI=1S/C20H26N2O/c1-15(18-8-5-4-6-9-18)12-13-21-16(2)19-10-7-11-20(14-19)22-17(3)23/h4-11,14-16,21H,12-13H2,1-3H3,(H,22,23). The number of amides is 1. The summed E-state index contributed by atoms with van der Waals surface area (Å²) in [6.45, 7) is 6.90. The molecule has 0 saturated carbocycles. The fourth-order valence-corrected chi connectivity index (χ4v) is 2.67. The molecule has 0 aliphatic heterocycles. The minimum atomic E-state index is -0.0422. The summed E-state index contributed by atoms with van der Waals surface area (Å²) in [5.41, 5.74) is 3.42. The molecule has 0 aromatic heterocycles. The molecule has 23 heavy (non-hydrogen) atoms. The fraction of sp³-hybridized carbons (Fsp3) is 0.350. The van der Waals surface area contributed by atoms with Gasteiger partial charge in [0.15, 0.2) is 0 Å². The molecule has 3 heteroatoms. The first-order valence-electron chi connectivity index (χ1n) is 8.22. The van der Waals surface area contributed by atoms with E-state index in [1.165, 1.54) is 18.1 Å². The van der Waals surface area contributed by atoms with Crippen LogP contribution in [-0.4, -0.2) is 12.5 Å². The summed E-state index contributed by atoms with van der Waals surface area (Å²) >= 11 is 0. The molecule has 0 heterocycles. The van der Waals surface area contributed by atoms with E-state index in [4.69, 9.17) is 0 Å². The van der Waals surface area contributed by atoms with Gasteiger partial charge in [0, 0.05) is 18.7 Å². The van der Waals surface area contributed by atoms with Gasteiger partial charge in [-0.25, -0.2) is 0 Å². The lowest BCUT2D eigenvalue weighted by Crippen LogP contribution is -2.21. The highest BCUT2D eigenvalue weighted by molar-refractivity contribution is 5.88. The summed E-state index contributed by atoms with van der Waals surface area (Å²) < 4.78 is 0. The molecule has 2 unspecified atom stereocenters. The predicted molar refractivity (Wildman–Crippen MR) is 96.6 cm³/mol. The van der Waals surface area contributed by atoms with Gasteiger partial charge in [0.25, 0.3) is 0 Å². The molecule has 0 saturated heterocycles. The Balaban J connectivity index is 1.85. The molecule has 2 N–H and O–H groups in total. The maximum absolute atomic E-state index is 11.1. The predicted octanol–water partition coefficient (Wildman–Crippen LogP) is 4.49. The van der Waals surface area contributed by atoms with Crippen LogP contribution < -0.4 is 10.6 Å². The summed E-state index contributed by atoms with van der Waals surface area (Å²) in [4.78, 5) is 11.1. The van der Waals surface area contributed by atoms with Gasteiger partial charge in [-0.3, -0.25) is 4.79 Å². The largest absolute Gasteiger partial charge is 0.326 e. The van der Waals surface area contributed by atoms with Crippen molar-refractivity contribution in [2.24, 2.45) is 0 Å². The van der Waals surface area contributed by atoms with Crippen molar-refractivity contribution in [3.8, 4) is 0 Å². The van der Waals surface area contributed by atoms with Crippen molar-refractivity contribution in [3.63, 3.8) is 0 Å². The molecule has 2 aromatic rings. The third-order valence-electron chi connectivity index (χ3n) is 4.10. The van der Waals surface area contributed by atoms with Crippen LogP contribution in [0.4, 0.5) is 5.69 Å². The lowest BCUT2D eigenvalue weighted by molar-refractivity contribution is -0.114. The number of carbonyl (C=O) groups is 1. The first-order chi connectivity index (χ1) is 11.1. The van der Waals surface area contributed by atoms with Crippen molar-refractivity contribution in [2.45, 2.75) is 39.2 Å². The molecule has 2 atom stereocenters. The Labute approximate surface area is 139 Å². The molecule has 0 spiro atoms. The van der Waals surface area contributed by atoms with Crippen LogP contribution >= 0.6 is 0 Å². The summed E-state index contributed by atoms with van der Waals surface area (Å²) in [7, 11) is 0. The van der Waals surface area contributed by atoms with Crippen LogP contribution in [0.25, 0.3) is 0 Å². The monoisotopic (exact) mass is 310 g/mol. The molecule has 0 aliphatic rings. The van der Waals surface area contributed by atoms with Gasteiger partial charge in [0.05, 0.1) is 0 Å². The zero-order valence-electron chi connectivity index (χ0n) is 14.2. The highest BCUT2D eigenvalue weighted by Gasteiger charge is 2.08. The molecule has 1 amide bonds. The van der Waals surface area contributed by atoms with E-state index in [0.717, 1.165) is 18.7 Å². The van der Waals surface area contributed by atoms with E-state index in [9.17, 15) is 4.79 Å². The Kier molecular flexibility index (Phi) is 6.36. The van der Waals surface area contributed by atoms with Gasteiger partial charge in [0.2, 0.25) is 5.91 Å². The summed E-state index contributed by atoms with van der Waals surface area (Å²) in [5.74, 6) is 0.501. The summed E-state index contributed by atoms with van der Waals surface area (Å²) in [6.07, 6.45) is 1.10. The van der Waals surface area contributed by atoms with Crippen molar-refractivity contribution in [1.82, 2.24) is 5.32 Å². The number of anilines is 1. The van der Waals surface area contributed by atoms with Gasteiger partial charge in [-0.15, -0.1) is 0 Å². The number of benzene rings is 2. The lowest BCUT2D eigenvalue weighted by Gasteiger charge is -2.18. The van der Waals surface area contributed by atoms with Crippen LogP contribution in [0.3, 0.4) is 0 Å². The Bertz CT molecular complexity index is 625. The summed E-state index contributed by atoms with van der Waals surface area (Å²) in [5, 5.41) is 6.40. The van der Waals surface area contributed by atoms with Crippen molar-refractivity contribution in [1.29, 1.82) is 0 Å². The van der Waals surface area contributed by atoms with Crippen molar-refractivity contribution in [3.05, 3.63) is 65.7 Å². The minimum Gasteiger partial charge on any atom is -0.326 e. The van der Waals surface area contributed by atoms with Crippen molar-refractivity contribution >= 4 is 11.6 Å². The maximum Gasteiger partial charge on any atom is 0.221 e.